The van der Waals surface area contributed by atoms with Gasteiger partial charge in [0.2, 0.25) is 0 Å². The van der Waals surface area contributed by atoms with Crippen molar-refractivity contribution in [2.24, 2.45) is 0 Å². The molecule has 2 heteroatoms. The van der Waals surface area contributed by atoms with Crippen LogP contribution in [-0.4, -0.2) is 13.7 Å². The van der Waals surface area contributed by atoms with Crippen molar-refractivity contribution in [3.8, 4) is 11.5 Å². The summed E-state index contributed by atoms with van der Waals surface area (Å²) in [7, 11) is 1.63. The molecule has 0 aliphatic carbocycles. The van der Waals surface area contributed by atoms with Gasteiger partial charge in [-0.15, -0.1) is 0 Å². The highest BCUT2D eigenvalue weighted by Gasteiger charge is 2.06. The molecule has 1 rings (SSSR count). The molecule has 0 saturated carbocycles. The first-order chi connectivity index (χ1) is 6.33. The lowest BCUT2D eigenvalue weighted by molar-refractivity contribution is 0.310. The highest BCUT2D eigenvalue weighted by Crippen LogP contribution is 2.31. The fraction of sp³-hybridized carbons (Fsp3) is 0.273. The van der Waals surface area contributed by atoms with Gasteiger partial charge in [-0.25, -0.2) is 0 Å². The molecule has 1 aromatic rings. The quantitative estimate of drug-likeness (QED) is 0.705. The Morgan fingerprint density at radius 2 is 2.23 bits per heavy atom. The Morgan fingerprint density at radius 3 is 2.77 bits per heavy atom. The van der Waals surface area contributed by atoms with E-state index >= 15 is 0 Å². The van der Waals surface area contributed by atoms with E-state index in [2.05, 4.69) is 6.58 Å². The Bertz CT molecular complexity index is 292. The van der Waals surface area contributed by atoms with Gasteiger partial charge in [-0.05, 0) is 13.0 Å². The van der Waals surface area contributed by atoms with Crippen LogP contribution in [0.2, 0.25) is 0 Å². The fourth-order valence-electron chi connectivity index (χ4n) is 1.18. The van der Waals surface area contributed by atoms with Crippen molar-refractivity contribution in [2.45, 2.75) is 6.92 Å². The SMILES string of the molecule is C=Cc1cccc(OCC)c1OC. The third-order valence-electron chi connectivity index (χ3n) is 1.73. The Balaban J connectivity index is 3.10. The first-order valence-electron chi connectivity index (χ1n) is 4.25. The average molecular weight is 178 g/mol. The van der Waals surface area contributed by atoms with Gasteiger partial charge in [-0.2, -0.15) is 0 Å². The van der Waals surface area contributed by atoms with Crippen LogP contribution in [0.3, 0.4) is 0 Å². The minimum atomic E-state index is 0.636. The first kappa shape index (κ1) is 9.65. The van der Waals surface area contributed by atoms with Gasteiger partial charge in [0.15, 0.2) is 11.5 Å². The van der Waals surface area contributed by atoms with Crippen LogP contribution in [-0.2, 0) is 0 Å². The van der Waals surface area contributed by atoms with Crippen LogP contribution in [0.15, 0.2) is 24.8 Å². The van der Waals surface area contributed by atoms with Crippen molar-refractivity contribution in [3.05, 3.63) is 30.3 Å². The summed E-state index contributed by atoms with van der Waals surface area (Å²) < 4.78 is 10.6. The molecule has 0 unspecified atom stereocenters. The van der Waals surface area contributed by atoms with Crippen LogP contribution in [0.5, 0.6) is 11.5 Å². The summed E-state index contributed by atoms with van der Waals surface area (Å²) in [5.41, 5.74) is 0.952. The number of rotatable bonds is 4. The van der Waals surface area contributed by atoms with Crippen molar-refractivity contribution in [1.29, 1.82) is 0 Å². The third-order valence-corrected chi connectivity index (χ3v) is 1.73. The van der Waals surface area contributed by atoms with E-state index in [1.54, 1.807) is 13.2 Å². The van der Waals surface area contributed by atoms with Crippen LogP contribution >= 0.6 is 0 Å². The van der Waals surface area contributed by atoms with Crippen LogP contribution < -0.4 is 9.47 Å². The predicted molar refractivity (Wildman–Crippen MR) is 54.3 cm³/mol. The van der Waals surface area contributed by atoms with Gasteiger partial charge in [0, 0.05) is 5.56 Å². The zero-order valence-corrected chi connectivity index (χ0v) is 8.04. The van der Waals surface area contributed by atoms with Crippen LogP contribution in [0, 0.1) is 0 Å². The molecule has 2 nitrogen and oxygen atoms in total. The summed E-state index contributed by atoms with van der Waals surface area (Å²) in [6.07, 6.45) is 1.75. The molecule has 0 spiro atoms. The summed E-state index contributed by atoms with van der Waals surface area (Å²) in [5, 5.41) is 0. The number of ether oxygens (including phenoxy) is 2. The van der Waals surface area contributed by atoms with Gasteiger partial charge in [-0.1, -0.05) is 24.8 Å². The smallest absolute Gasteiger partial charge is 0.167 e. The van der Waals surface area contributed by atoms with Gasteiger partial charge in [0.05, 0.1) is 13.7 Å². The van der Waals surface area contributed by atoms with Crippen molar-refractivity contribution < 1.29 is 9.47 Å². The van der Waals surface area contributed by atoms with E-state index in [1.165, 1.54) is 0 Å². The fourth-order valence-corrected chi connectivity index (χ4v) is 1.18. The second-order valence-corrected chi connectivity index (χ2v) is 2.52. The second-order valence-electron chi connectivity index (χ2n) is 2.52. The molecule has 70 valence electrons. The summed E-state index contributed by atoms with van der Waals surface area (Å²) in [6.45, 7) is 6.29. The van der Waals surface area contributed by atoms with E-state index < -0.39 is 0 Å². The predicted octanol–water partition coefficient (Wildman–Crippen LogP) is 2.74. The van der Waals surface area contributed by atoms with Crippen molar-refractivity contribution in [1.82, 2.24) is 0 Å². The van der Waals surface area contributed by atoms with Crippen molar-refractivity contribution in [3.63, 3.8) is 0 Å². The number of benzene rings is 1. The first-order valence-corrected chi connectivity index (χ1v) is 4.25. The molecule has 0 N–H and O–H groups in total. The van der Waals surface area contributed by atoms with E-state index in [9.17, 15) is 0 Å². The Morgan fingerprint density at radius 1 is 1.46 bits per heavy atom. The van der Waals surface area contributed by atoms with Crippen molar-refractivity contribution in [2.75, 3.05) is 13.7 Å². The molecular weight excluding hydrogens is 164 g/mol. The molecule has 0 amide bonds. The minimum absolute atomic E-state index is 0.636. The maximum Gasteiger partial charge on any atom is 0.167 e. The number of hydrogen-bond donors (Lipinski definition) is 0. The Labute approximate surface area is 78.8 Å². The standard InChI is InChI=1S/C11H14O2/c1-4-9-7-6-8-10(13-5-2)11(9)12-3/h4,6-8H,1,5H2,2-3H3. The van der Waals surface area contributed by atoms with Gasteiger partial charge in [0.25, 0.3) is 0 Å². The molecule has 0 bridgehead atoms. The molecular formula is C11H14O2. The van der Waals surface area contributed by atoms with Crippen LogP contribution in [0.25, 0.3) is 6.08 Å². The number of methoxy groups -OCH3 is 1. The molecule has 0 aliphatic rings. The highest BCUT2D eigenvalue weighted by molar-refractivity contribution is 5.61. The van der Waals surface area contributed by atoms with Crippen LogP contribution in [0.1, 0.15) is 12.5 Å². The van der Waals surface area contributed by atoms with E-state index in [-0.39, 0.29) is 0 Å². The summed E-state index contributed by atoms with van der Waals surface area (Å²) in [5.74, 6) is 1.52. The van der Waals surface area contributed by atoms with E-state index in [1.807, 2.05) is 25.1 Å². The average Bonchev–Trinajstić information content (AvgIpc) is 2.18. The number of para-hydroxylation sites is 1. The Kier molecular flexibility index (Phi) is 3.38. The van der Waals surface area contributed by atoms with E-state index in [0.29, 0.717) is 6.61 Å². The zero-order valence-electron chi connectivity index (χ0n) is 8.04. The van der Waals surface area contributed by atoms with E-state index in [4.69, 9.17) is 9.47 Å². The summed E-state index contributed by atoms with van der Waals surface area (Å²) in [4.78, 5) is 0. The molecule has 0 aliphatic heterocycles. The van der Waals surface area contributed by atoms with Gasteiger partial charge in [-0.3, -0.25) is 0 Å². The summed E-state index contributed by atoms with van der Waals surface area (Å²) >= 11 is 0. The van der Waals surface area contributed by atoms with Gasteiger partial charge < -0.3 is 9.47 Å². The molecule has 0 fully saturated rings. The normalized spacial score (nSPS) is 9.38. The maximum atomic E-state index is 5.40. The van der Waals surface area contributed by atoms with E-state index in [0.717, 1.165) is 17.1 Å². The van der Waals surface area contributed by atoms with Crippen molar-refractivity contribution >= 4 is 6.08 Å². The lowest BCUT2D eigenvalue weighted by Crippen LogP contribution is -1.96. The molecule has 0 saturated heterocycles. The molecule has 13 heavy (non-hydrogen) atoms. The zero-order chi connectivity index (χ0) is 9.68. The van der Waals surface area contributed by atoms with Gasteiger partial charge >= 0.3 is 0 Å². The lowest BCUT2D eigenvalue weighted by Gasteiger charge is -2.10. The monoisotopic (exact) mass is 178 g/mol. The maximum absolute atomic E-state index is 5.40. The topological polar surface area (TPSA) is 18.5 Å². The molecule has 1 aromatic carbocycles. The molecule has 0 aromatic heterocycles. The second kappa shape index (κ2) is 4.55. The summed E-state index contributed by atoms with van der Waals surface area (Å²) in [6, 6.07) is 5.74. The molecule has 0 heterocycles. The largest absolute Gasteiger partial charge is 0.492 e. The lowest BCUT2D eigenvalue weighted by atomic mass is 10.2. The number of hydrogen-bond acceptors (Lipinski definition) is 2. The Hall–Kier alpha value is -1.44. The highest BCUT2D eigenvalue weighted by atomic mass is 16.5. The molecule has 0 atom stereocenters. The molecule has 0 radical (unpaired) electrons. The van der Waals surface area contributed by atoms with Crippen LogP contribution in [0.4, 0.5) is 0 Å². The minimum Gasteiger partial charge on any atom is -0.492 e. The van der Waals surface area contributed by atoms with Gasteiger partial charge in [0.1, 0.15) is 0 Å². The third kappa shape index (κ3) is 2.02.